The van der Waals surface area contributed by atoms with Crippen molar-refractivity contribution in [1.82, 2.24) is 0 Å². The van der Waals surface area contributed by atoms with Crippen LogP contribution in [0.25, 0.3) is 0 Å². The highest BCUT2D eigenvalue weighted by molar-refractivity contribution is 5.80. The van der Waals surface area contributed by atoms with Gasteiger partial charge in [-0.25, -0.2) is 0 Å². The molecule has 4 heteroatoms. The van der Waals surface area contributed by atoms with E-state index in [1.165, 1.54) is 13.4 Å². The van der Waals surface area contributed by atoms with E-state index < -0.39 is 0 Å². The molecule has 0 saturated carbocycles. The van der Waals surface area contributed by atoms with Gasteiger partial charge in [0.2, 0.25) is 0 Å². The fourth-order valence-electron chi connectivity index (χ4n) is 1.23. The molecule has 0 aromatic carbocycles. The number of ether oxygens (including phenoxy) is 1. The van der Waals surface area contributed by atoms with Gasteiger partial charge in [0.05, 0.1) is 19.8 Å². The lowest BCUT2D eigenvalue weighted by molar-refractivity contribution is -0.140. The van der Waals surface area contributed by atoms with E-state index in [-0.39, 0.29) is 11.8 Å². The molecule has 0 fully saturated rings. The summed E-state index contributed by atoms with van der Waals surface area (Å²) in [6.45, 7) is 0. The monoisotopic (exact) mass is 210 g/mol. The smallest absolute Gasteiger partial charge is 0.305 e. The Morgan fingerprint density at radius 1 is 1.40 bits per heavy atom. The maximum Gasteiger partial charge on any atom is 0.305 e. The van der Waals surface area contributed by atoms with Crippen LogP contribution < -0.4 is 0 Å². The van der Waals surface area contributed by atoms with Gasteiger partial charge in [-0.1, -0.05) is 0 Å². The van der Waals surface area contributed by atoms with Gasteiger partial charge in [0.1, 0.15) is 11.5 Å². The molecule has 1 rings (SSSR count). The van der Waals surface area contributed by atoms with Crippen LogP contribution in [-0.2, 0) is 20.7 Å². The topological polar surface area (TPSA) is 56.5 Å². The van der Waals surface area contributed by atoms with E-state index in [2.05, 4.69) is 4.74 Å². The van der Waals surface area contributed by atoms with Crippen molar-refractivity contribution < 1.29 is 18.7 Å². The predicted octanol–water partition coefficient (Wildman–Crippen LogP) is 1.73. The molecule has 1 aromatic heterocycles. The molecule has 1 aromatic rings. The highest BCUT2D eigenvalue weighted by Crippen LogP contribution is 2.05. The molecule has 0 aliphatic heterocycles. The first kappa shape index (κ1) is 11.5. The van der Waals surface area contributed by atoms with Crippen LogP contribution in [0, 0.1) is 0 Å². The Morgan fingerprint density at radius 2 is 2.20 bits per heavy atom. The first-order valence-corrected chi connectivity index (χ1v) is 4.83. The molecule has 0 bridgehead atoms. The van der Waals surface area contributed by atoms with E-state index in [0.717, 1.165) is 0 Å². The lowest BCUT2D eigenvalue weighted by Gasteiger charge is -1.98. The lowest BCUT2D eigenvalue weighted by atomic mass is 10.1. The van der Waals surface area contributed by atoms with Crippen LogP contribution in [0.4, 0.5) is 0 Å². The van der Waals surface area contributed by atoms with Gasteiger partial charge >= 0.3 is 5.97 Å². The van der Waals surface area contributed by atoms with E-state index in [1.807, 2.05) is 0 Å². The zero-order valence-corrected chi connectivity index (χ0v) is 8.69. The number of furan rings is 1. The van der Waals surface area contributed by atoms with Gasteiger partial charge in [-0.15, -0.1) is 0 Å². The molecule has 0 N–H and O–H groups in total. The van der Waals surface area contributed by atoms with Crippen molar-refractivity contribution in [3.63, 3.8) is 0 Å². The Hall–Kier alpha value is -1.58. The van der Waals surface area contributed by atoms with Crippen molar-refractivity contribution in [2.24, 2.45) is 0 Å². The lowest BCUT2D eigenvalue weighted by Crippen LogP contribution is -2.05. The van der Waals surface area contributed by atoms with Gasteiger partial charge in [0, 0.05) is 12.8 Å². The molecule has 0 radical (unpaired) electrons. The quantitative estimate of drug-likeness (QED) is 0.671. The van der Waals surface area contributed by atoms with Gasteiger partial charge < -0.3 is 9.15 Å². The van der Waals surface area contributed by atoms with Gasteiger partial charge in [0.25, 0.3) is 0 Å². The maximum atomic E-state index is 11.4. The SMILES string of the molecule is COC(=O)CCCC(=O)Cc1ccco1. The second-order valence-electron chi connectivity index (χ2n) is 3.22. The zero-order chi connectivity index (χ0) is 11.1. The fourth-order valence-corrected chi connectivity index (χ4v) is 1.23. The molecule has 15 heavy (non-hydrogen) atoms. The van der Waals surface area contributed by atoms with Gasteiger partial charge in [-0.05, 0) is 18.6 Å². The Labute approximate surface area is 88.2 Å². The van der Waals surface area contributed by atoms with Crippen molar-refractivity contribution >= 4 is 11.8 Å². The summed E-state index contributed by atoms with van der Waals surface area (Å²) in [5.41, 5.74) is 0. The summed E-state index contributed by atoms with van der Waals surface area (Å²) >= 11 is 0. The summed E-state index contributed by atoms with van der Waals surface area (Å²) in [5, 5.41) is 0. The molecular formula is C11H14O4. The van der Waals surface area contributed by atoms with Gasteiger partial charge in [0.15, 0.2) is 0 Å². The minimum atomic E-state index is -0.277. The van der Waals surface area contributed by atoms with E-state index in [1.54, 1.807) is 12.1 Å². The average Bonchev–Trinajstić information content (AvgIpc) is 2.70. The second-order valence-corrected chi connectivity index (χ2v) is 3.22. The summed E-state index contributed by atoms with van der Waals surface area (Å²) in [5.74, 6) is 0.465. The molecule has 0 saturated heterocycles. The largest absolute Gasteiger partial charge is 0.469 e. The molecular weight excluding hydrogens is 196 g/mol. The predicted molar refractivity (Wildman–Crippen MR) is 53.3 cm³/mol. The standard InChI is InChI=1S/C11H14O4/c1-14-11(13)6-2-4-9(12)8-10-5-3-7-15-10/h3,5,7H,2,4,6,8H2,1H3. The zero-order valence-electron chi connectivity index (χ0n) is 8.69. The number of hydrogen-bond donors (Lipinski definition) is 0. The highest BCUT2D eigenvalue weighted by atomic mass is 16.5. The Balaban J connectivity index is 2.17. The number of rotatable bonds is 6. The van der Waals surface area contributed by atoms with Gasteiger partial charge in [-0.3, -0.25) is 9.59 Å². The Kier molecular flexibility index (Phi) is 4.60. The second kappa shape index (κ2) is 6.01. The summed E-state index contributed by atoms with van der Waals surface area (Å²) in [7, 11) is 1.34. The number of hydrogen-bond acceptors (Lipinski definition) is 4. The minimum Gasteiger partial charge on any atom is -0.469 e. The summed E-state index contributed by atoms with van der Waals surface area (Å²) in [6.07, 6.45) is 3.05. The summed E-state index contributed by atoms with van der Waals surface area (Å²) in [6, 6.07) is 3.51. The third-order valence-electron chi connectivity index (χ3n) is 2.02. The van der Waals surface area contributed by atoms with Crippen molar-refractivity contribution in [2.75, 3.05) is 7.11 Å². The molecule has 1 heterocycles. The van der Waals surface area contributed by atoms with Crippen LogP contribution >= 0.6 is 0 Å². The number of esters is 1. The first-order chi connectivity index (χ1) is 7.22. The average molecular weight is 210 g/mol. The van der Waals surface area contributed by atoms with Crippen molar-refractivity contribution in [3.8, 4) is 0 Å². The third kappa shape index (κ3) is 4.44. The van der Waals surface area contributed by atoms with Gasteiger partial charge in [-0.2, -0.15) is 0 Å². The molecule has 4 nitrogen and oxygen atoms in total. The molecule has 0 amide bonds. The van der Waals surface area contributed by atoms with E-state index in [4.69, 9.17) is 4.42 Å². The van der Waals surface area contributed by atoms with E-state index in [0.29, 0.717) is 31.4 Å². The molecule has 0 aliphatic rings. The normalized spacial score (nSPS) is 9.93. The third-order valence-corrected chi connectivity index (χ3v) is 2.02. The van der Waals surface area contributed by atoms with Crippen LogP contribution in [0.5, 0.6) is 0 Å². The number of Topliss-reactive ketones (excluding diaryl/α,β-unsaturated/α-hetero) is 1. The first-order valence-electron chi connectivity index (χ1n) is 4.83. The molecule has 0 atom stereocenters. The fraction of sp³-hybridized carbons (Fsp3) is 0.455. The Morgan fingerprint density at radius 3 is 2.80 bits per heavy atom. The van der Waals surface area contributed by atoms with Crippen LogP contribution in [-0.4, -0.2) is 18.9 Å². The number of carbonyl (C=O) groups excluding carboxylic acids is 2. The Bertz CT molecular complexity index is 313. The van der Waals surface area contributed by atoms with Crippen molar-refractivity contribution in [2.45, 2.75) is 25.7 Å². The van der Waals surface area contributed by atoms with Crippen LogP contribution in [0.3, 0.4) is 0 Å². The molecule has 82 valence electrons. The summed E-state index contributed by atoms with van der Waals surface area (Å²) in [4.78, 5) is 22.1. The van der Waals surface area contributed by atoms with E-state index >= 15 is 0 Å². The molecule has 0 aliphatic carbocycles. The number of methoxy groups -OCH3 is 1. The van der Waals surface area contributed by atoms with E-state index in [9.17, 15) is 9.59 Å². The highest BCUT2D eigenvalue weighted by Gasteiger charge is 2.07. The minimum absolute atomic E-state index is 0.0776. The van der Waals surface area contributed by atoms with Crippen molar-refractivity contribution in [1.29, 1.82) is 0 Å². The molecule has 0 unspecified atom stereocenters. The molecule has 0 spiro atoms. The number of ketones is 1. The van der Waals surface area contributed by atoms with Crippen molar-refractivity contribution in [3.05, 3.63) is 24.2 Å². The number of carbonyl (C=O) groups is 2. The van der Waals surface area contributed by atoms with Crippen LogP contribution in [0.2, 0.25) is 0 Å². The van der Waals surface area contributed by atoms with Crippen LogP contribution in [0.15, 0.2) is 22.8 Å². The van der Waals surface area contributed by atoms with Crippen LogP contribution in [0.1, 0.15) is 25.0 Å². The maximum absolute atomic E-state index is 11.4. The summed E-state index contributed by atoms with van der Waals surface area (Å²) < 4.78 is 9.51.